The lowest BCUT2D eigenvalue weighted by molar-refractivity contribution is -0.147. The molecular formula is C21H23NO4. The molecule has 2 atom stereocenters. The largest absolute Gasteiger partial charge is 0.459 e. The molecule has 2 aromatic carbocycles. The molecule has 0 aliphatic heterocycles. The van der Waals surface area contributed by atoms with Gasteiger partial charge < -0.3 is 10.1 Å². The van der Waals surface area contributed by atoms with Crippen LogP contribution in [-0.4, -0.2) is 23.7 Å². The summed E-state index contributed by atoms with van der Waals surface area (Å²) >= 11 is 0. The van der Waals surface area contributed by atoms with Crippen molar-refractivity contribution in [3.63, 3.8) is 0 Å². The van der Waals surface area contributed by atoms with E-state index in [1.165, 1.54) is 6.92 Å². The van der Waals surface area contributed by atoms with E-state index in [-0.39, 0.29) is 30.6 Å². The van der Waals surface area contributed by atoms with Crippen molar-refractivity contribution in [2.45, 2.75) is 32.9 Å². The SMILES string of the molecule is CC(=O)C(C)CC(NC(=O)c1ccccc1)C(=O)OCc1ccccc1. The Kier molecular flexibility index (Phi) is 7.09. The summed E-state index contributed by atoms with van der Waals surface area (Å²) in [7, 11) is 0. The predicted octanol–water partition coefficient (Wildman–Crippen LogP) is 3.14. The van der Waals surface area contributed by atoms with E-state index in [4.69, 9.17) is 4.74 Å². The van der Waals surface area contributed by atoms with Crippen LogP contribution in [0, 0.1) is 5.92 Å². The second kappa shape index (κ2) is 9.51. The van der Waals surface area contributed by atoms with Gasteiger partial charge in [0.2, 0.25) is 0 Å². The molecule has 2 unspecified atom stereocenters. The van der Waals surface area contributed by atoms with E-state index < -0.39 is 12.0 Å². The molecular weight excluding hydrogens is 330 g/mol. The summed E-state index contributed by atoms with van der Waals surface area (Å²) < 4.78 is 5.34. The Balaban J connectivity index is 2.05. The number of nitrogens with one attached hydrogen (secondary N) is 1. The van der Waals surface area contributed by atoms with Crippen molar-refractivity contribution in [2.75, 3.05) is 0 Å². The third-order valence-corrected chi connectivity index (χ3v) is 4.13. The number of ketones is 1. The molecule has 0 aliphatic rings. The number of hydrogen-bond acceptors (Lipinski definition) is 4. The Morgan fingerprint density at radius 3 is 2.12 bits per heavy atom. The van der Waals surface area contributed by atoms with Crippen molar-refractivity contribution in [1.29, 1.82) is 0 Å². The van der Waals surface area contributed by atoms with Crippen molar-refractivity contribution < 1.29 is 19.1 Å². The molecule has 1 N–H and O–H groups in total. The lowest BCUT2D eigenvalue weighted by Gasteiger charge is -2.20. The molecule has 0 saturated heterocycles. The first-order chi connectivity index (χ1) is 12.5. The first kappa shape index (κ1) is 19.4. The van der Waals surface area contributed by atoms with Gasteiger partial charge in [0.1, 0.15) is 18.4 Å². The van der Waals surface area contributed by atoms with Gasteiger partial charge in [-0.25, -0.2) is 4.79 Å². The van der Waals surface area contributed by atoms with Gasteiger partial charge in [-0.2, -0.15) is 0 Å². The summed E-state index contributed by atoms with van der Waals surface area (Å²) in [4.78, 5) is 36.4. The van der Waals surface area contributed by atoms with Gasteiger partial charge in [-0.1, -0.05) is 55.5 Å². The molecule has 0 bridgehead atoms. The average molecular weight is 353 g/mol. The van der Waals surface area contributed by atoms with Crippen LogP contribution < -0.4 is 5.32 Å². The molecule has 5 nitrogen and oxygen atoms in total. The van der Waals surface area contributed by atoms with Crippen LogP contribution in [0.2, 0.25) is 0 Å². The molecule has 0 saturated carbocycles. The van der Waals surface area contributed by atoms with Crippen LogP contribution in [0.3, 0.4) is 0 Å². The fourth-order valence-corrected chi connectivity index (χ4v) is 2.39. The Bertz CT molecular complexity index is 743. The van der Waals surface area contributed by atoms with E-state index in [9.17, 15) is 14.4 Å². The molecule has 0 spiro atoms. The number of carbonyl (C=O) groups excluding carboxylic acids is 3. The smallest absolute Gasteiger partial charge is 0.329 e. The van der Waals surface area contributed by atoms with Crippen molar-refractivity contribution >= 4 is 17.7 Å². The van der Waals surface area contributed by atoms with Crippen molar-refractivity contribution in [3.8, 4) is 0 Å². The second-order valence-corrected chi connectivity index (χ2v) is 6.23. The van der Waals surface area contributed by atoms with E-state index >= 15 is 0 Å². The second-order valence-electron chi connectivity index (χ2n) is 6.23. The first-order valence-corrected chi connectivity index (χ1v) is 8.54. The van der Waals surface area contributed by atoms with E-state index in [0.717, 1.165) is 5.56 Å². The first-order valence-electron chi connectivity index (χ1n) is 8.54. The topological polar surface area (TPSA) is 72.5 Å². The highest BCUT2D eigenvalue weighted by molar-refractivity contribution is 5.96. The number of benzene rings is 2. The van der Waals surface area contributed by atoms with Crippen LogP contribution in [0.5, 0.6) is 0 Å². The van der Waals surface area contributed by atoms with Crippen LogP contribution in [-0.2, 0) is 20.9 Å². The summed E-state index contributed by atoms with van der Waals surface area (Å²) in [6, 6.07) is 17.0. The highest BCUT2D eigenvalue weighted by Crippen LogP contribution is 2.11. The van der Waals surface area contributed by atoms with Crippen molar-refractivity contribution in [1.82, 2.24) is 5.32 Å². The van der Waals surface area contributed by atoms with E-state index in [1.807, 2.05) is 30.3 Å². The third-order valence-electron chi connectivity index (χ3n) is 4.13. The van der Waals surface area contributed by atoms with Gasteiger partial charge in [0.05, 0.1) is 0 Å². The minimum atomic E-state index is -0.884. The van der Waals surface area contributed by atoms with E-state index in [0.29, 0.717) is 5.56 Å². The molecule has 0 heterocycles. The number of carbonyl (C=O) groups is 3. The van der Waals surface area contributed by atoms with Crippen LogP contribution in [0.25, 0.3) is 0 Å². The zero-order valence-electron chi connectivity index (χ0n) is 15.0. The minimum Gasteiger partial charge on any atom is -0.459 e. The van der Waals surface area contributed by atoms with E-state index in [1.54, 1.807) is 37.3 Å². The van der Waals surface area contributed by atoms with Crippen LogP contribution in [0.4, 0.5) is 0 Å². The molecule has 26 heavy (non-hydrogen) atoms. The molecule has 0 aromatic heterocycles. The fourth-order valence-electron chi connectivity index (χ4n) is 2.39. The highest BCUT2D eigenvalue weighted by atomic mass is 16.5. The van der Waals surface area contributed by atoms with Gasteiger partial charge in [0.25, 0.3) is 5.91 Å². The summed E-state index contributed by atoms with van der Waals surface area (Å²) in [6.07, 6.45) is 0.196. The monoisotopic (exact) mass is 353 g/mol. The maximum absolute atomic E-state index is 12.5. The Labute approximate surface area is 153 Å². The Hall–Kier alpha value is -2.95. The third kappa shape index (κ3) is 5.84. The molecule has 1 amide bonds. The number of amides is 1. The maximum atomic E-state index is 12.5. The number of rotatable bonds is 8. The normalized spacial score (nSPS) is 12.7. The standard InChI is InChI=1S/C21H23NO4/c1-15(16(2)23)13-19(22-20(24)18-11-7-4-8-12-18)21(25)26-14-17-9-5-3-6-10-17/h3-12,15,19H,13-14H2,1-2H3,(H,22,24). The van der Waals surface area contributed by atoms with Gasteiger partial charge in [0, 0.05) is 11.5 Å². The molecule has 2 aromatic rings. The lowest BCUT2D eigenvalue weighted by Crippen LogP contribution is -2.43. The molecule has 0 radical (unpaired) electrons. The number of Topliss-reactive ketones (excluding diaryl/α,β-unsaturated/α-hetero) is 1. The number of esters is 1. The predicted molar refractivity (Wildman–Crippen MR) is 98.4 cm³/mol. The summed E-state index contributed by atoms with van der Waals surface area (Å²) in [5, 5.41) is 2.69. The molecule has 5 heteroatoms. The van der Waals surface area contributed by atoms with Gasteiger partial charge in [0.15, 0.2) is 0 Å². The fraction of sp³-hybridized carbons (Fsp3) is 0.286. The molecule has 2 rings (SSSR count). The highest BCUT2D eigenvalue weighted by Gasteiger charge is 2.26. The van der Waals surface area contributed by atoms with Crippen molar-refractivity contribution in [3.05, 3.63) is 71.8 Å². The van der Waals surface area contributed by atoms with Gasteiger partial charge in [-0.05, 0) is 31.0 Å². The van der Waals surface area contributed by atoms with Crippen LogP contribution in [0.1, 0.15) is 36.2 Å². The Morgan fingerprint density at radius 1 is 0.962 bits per heavy atom. The quantitative estimate of drug-likeness (QED) is 0.740. The minimum absolute atomic E-state index is 0.0418. The molecule has 0 fully saturated rings. The zero-order valence-corrected chi connectivity index (χ0v) is 15.0. The van der Waals surface area contributed by atoms with Crippen LogP contribution >= 0.6 is 0 Å². The lowest BCUT2D eigenvalue weighted by atomic mass is 9.98. The number of ether oxygens (including phenoxy) is 1. The summed E-state index contributed by atoms with van der Waals surface area (Å²) in [5.74, 6) is -1.32. The molecule has 0 aliphatic carbocycles. The zero-order chi connectivity index (χ0) is 18.9. The van der Waals surface area contributed by atoms with Gasteiger partial charge in [-0.3, -0.25) is 9.59 Å². The number of hydrogen-bond donors (Lipinski definition) is 1. The van der Waals surface area contributed by atoms with Crippen molar-refractivity contribution in [2.24, 2.45) is 5.92 Å². The average Bonchev–Trinajstić information content (AvgIpc) is 2.66. The van der Waals surface area contributed by atoms with Gasteiger partial charge in [-0.15, -0.1) is 0 Å². The summed E-state index contributed by atoms with van der Waals surface area (Å²) in [6.45, 7) is 3.32. The maximum Gasteiger partial charge on any atom is 0.329 e. The van der Waals surface area contributed by atoms with Crippen LogP contribution in [0.15, 0.2) is 60.7 Å². The Morgan fingerprint density at radius 2 is 1.54 bits per heavy atom. The molecule has 136 valence electrons. The van der Waals surface area contributed by atoms with E-state index in [2.05, 4.69) is 5.32 Å². The van der Waals surface area contributed by atoms with Gasteiger partial charge >= 0.3 is 5.97 Å². The summed E-state index contributed by atoms with van der Waals surface area (Å²) in [5.41, 5.74) is 1.30.